The lowest BCUT2D eigenvalue weighted by atomic mass is 9.54. The Balaban J connectivity index is 0.00000400. The zero-order valence-corrected chi connectivity index (χ0v) is 14.3. The van der Waals surface area contributed by atoms with Gasteiger partial charge in [0.2, 0.25) is 11.8 Å². The monoisotopic (exact) mass is 321 g/mol. The molecule has 124 valence electrons. The highest BCUT2D eigenvalue weighted by Crippen LogP contribution is 2.49. The van der Waals surface area contributed by atoms with Crippen LogP contribution in [0.1, 0.15) is 41.0 Å². The molecule has 0 heterocycles. The number of likely N-dealkylation sites (N-methyl/N-ethyl adjacent to an activating group) is 1. The molecule has 1 aliphatic rings. The first-order valence-electron chi connectivity index (χ1n) is 7.19. The number of carbonyl (C=O) groups is 2. The van der Waals surface area contributed by atoms with E-state index in [9.17, 15) is 9.59 Å². The van der Waals surface area contributed by atoms with Gasteiger partial charge in [-0.25, -0.2) is 0 Å². The van der Waals surface area contributed by atoms with Crippen LogP contribution in [0, 0.1) is 5.41 Å². The van der Waals surface area contributed by atoms with Crippen LogP contribution in [0.5, 0.6) is 0 Å². The highest BCUT2D eigenvalue weighted by atomic mass is 35.5. The summed E-state index contributed by atoms with van der Waals surface area (Å²) in [5, 5.41) is 5.36. The Kier molecular flexibility index (Phi) is 7.12. The summed E-state index contributed by atoms with van der Waals surface area (Å²) in [6.07, 6.45) is 0.449. The van der Waals surface area contributed by atoms with Gasteiger partial charge in [-0.3, -0.25) is 9.59 Å². The number of hydrogen-bond acceptors (Lipinski definition) is 4. The quantitative estimate of drug-likeness (QED) is 0.667. The van der Waals surface area contributed by atoms with Crippen molar-refractivity contribution in [2.75, 3.05) is 13.2 Å². The lowest BCUT2D eigenvalue weighted by molar-refractivity contribution is -0.171. The molecule has 0 aromatic rings. The van der Waals surface area contributed by atoms with Crippen molar-refractivity contribution in [3.63, 3.8) is 0 Å². The fraction of sp³-hybridized carbons (Fsp3) is 0.857. The van der Waals surface area contributed by atoms with Gasteiger partial charge in [0.05, 0.1) is 6.10 Å². The third kappa shape index (κ3) is 3.67. The molecule has 0 bridgehead atoms. The van der Waals surface area contributed by atoms with Crippen LogP contribution in [-0.2, 0) is 14.3 Å². The van der Waals surface area contributed by atoms with E-state index in [4.69, 9.17) is 10.5 Å². The minimum Gasteiger partial charge on any atom is -0.378 e. The summed E-state index contributed by atoms with van der Waals surface area (Å²) in [5.41, 5.74) is 4.80. The number of rotatable bonds is 6. The van der Waals surface area contributed by atoms with Crippen LogP contribution in [0.2, 0.25) is 0 Å². The second-order valence-electron chi connectivity index (χ2n) is 5.93. The van der Waals surface area contributed by atoms with Gasteiger partial charge in [0.15, 0.2) is 0 Å². The van der Waals surface area contributed by atoms with E-state index in [0.29, 0.717) is 19.6 Å². The Bertz CT molecular complexity index is 390. The second kappa shape index (κ2) is 7.42. The maximum atomic E-state index is 12.4. The molecule has 6 nitrogen and oxygen atoms in total. The van der Waals surface area contributed by atoms with E-state index in [1.807, 2.05) is 27.7 Å². The topological polar surface area (TPSA) is 93.5 Å². The molecule has 0 saturated heterocycles. The van der Waals surface area contributed by atoms with E-state index < -0.39 is 17.0 Å². The van der Waals surface area contributed by atoms with Crippen LogP contribution in [0.3, 0.4) is 0 Å². The van der Waals surface area contributed by atoms with Gasteiger partial charge >= 0.3 is 0 Å². The first-order valence-corrected chi connectivity index (χ1v) is 7.19. The number of ether oxygens (including phenoxy) is 1. The van der Waals surface area contributed by atoms with E-state index >= 15 is 0 Å². The summed E-state index contributed by atoms with van der Waals surface area (Å²) < 4.78 is 5.59. The minimum absolute atomic E-state index is 0. The van der Waals surface area contributed by atoms with Crippen molar-refractivity contribution in [3.05, 3.63) is 0 Å². The van der Waals surface area contributed by atoms with Crippen LogP contribution in [0.25, 0.3) is 0 Å². The van der Waals surface area contributed by atoms with Crippen molar-refractivity contribution in [1.82, 2.24) is 10.6 Å². The third-order valence-electron chi connectivity index (χ3n) is 4.33. The van der Waals surface area contributed by atoms with Gasteiger partial charge in [0.25, 0.3) is 0 Å². The van der Waals surface area contributed by atoms with Crippen molar-refractivity contribution in [2.45, 2.75) is 58.7 Å². The molecule has 0 aromatic carbocycles. The Hall–Kier alpha value is -0.850. The number of nitrogens with one attached hydrogen (secondary N) is 2. The van der Waals surface area contributed by atoms with Crippen molar-refractivity contribution in [1.29, 1.82) is 0 Å². The highest BCUT2D eigenvalue weighted by molar-refractivity contribution is 5.93. The van der Waals surface area contributed by atoms with Gasteiger partial charge in [-0.15, -0.1) is 12.4 Å². The number of hydrogen-bond donors (Lipinski definition) is 3. The summed E-state index contributed by atoms with van der Waals surface area (Å²) in [6, 6.07) is -0.593. The first kappa shape index (κ1) is 20.1. The molecule has 4 N–H and O–H groups in total. The average molecular weight is 322 g/mol. The molecule has 1 fully saturated rings. The largest absolute Gasteiger partial charge is 0.378 e. The van der Waals surface area contributed by atoms with Crippen LogP contribution in [0.4, 0.5) is 0 Å². The van der Waals surface area contributed by atoms with Crippen molar-refractivity contribution < 1.29 is 14.3 Å². The summed E-state index contributed by atoms with van der Waals surface area (Å²) in [7, 11) is 0. The van der Waals surface area contributed by atoms with Gasteiger partial charge < -0.3 is 21.1 Å². The molecule has 0 radical (unpaired) electrons. The second-order valence-corrected chi connectivity index (χ2v) is 5.93. The van der Waals surface area contributed by atoms with E-state index in [0.717, 1.165) is 0 Å². The molecule has 1 aliphatic carbocycles. The number of halogens is 1. The molecular weight excluding hydrogens is 294 g/mol. The average Bonchev–Trinajstić information content (AvgIpc) is 2.38. The Morgan fingerprint density at radius 2 is 1.95 bits per heavy atom. The molecule has 3 unspecified atom stereocenters. The third-order valence-corrected chi connectivity index (χ3v) is 4.33. The molecule has 0 aromatic heterocycles. The Labute approximate surface area is 133 Å². The number of carbonyl (C=O) groups excluding carboxylic acids is 2. The van der Waals surface area contributed by atoms with Crippen LogP contribution >= 0.6 is 12.4 Å². The number of nitrogens with two attached hydrogens (primary N) is 1. The van der Waals surface area contributed by atoms with Crippen molar-refractivity contribution in [2.24, 2.45) is 11.1 Å². The van der Waals surface area contributed by atoms with E-state index in [1.54, 1.807) is 6.92 Å². The fourth-order valence-corrected chi connectivity index (χ4v) is 2.54. The maximum absolute atomic E-state index is 12.4. The molecule has 0 spiro atoms. The number of amides is 2. The predicted octanol–water partition coefficient (Wildman–Crippen LogP) is 0.582. The summed E-state index contributed by atoms with van der Waals surface area (Å²) >= 11 is 0. The van der Waals surface area contributed by atoms with E-state index in [-0.39, 0.29) is 30.3 Å². The van der Waals surface area contributed by atoms with Crippen LogP contribution in [-0.4, -0.2) is 42.7 Å². The van der Waals surface area contributed by atoms with Crippen molar-refractivity contribution in [3.8, 4) is 0 Å². The van der Waals surface area contributed by atoms with Gasteiger partial charge in [-0.05, 0) is 20.8 Å². The maximum Gasteiger partial charge on any atom is 0.242 e. The summed E-state index contributed by atoms with van der Waals surface area (Å²) in [5.74, 6) is -0.500. The molecule has 1 saturated carbocycles. The minimum atomic E-state index is -0.992. The Morgan fingerprint density at radius 1 is 1.38 bits per heavy atom. The molecule has 21 heavy (non-hydrogen) atoms. The molecule has 2 amide bonds. The molecule has 3 atom stereocenters. The zero-order chi connectivity index (χ0) is 15.6. The molecular formula is C14H28ClN3O3. The predicted molar refractivity (Wildman–Crippen MR) is 84.3 cm³/mol. The highest BCUT2D eigenvalue weighted by Gasteiger charge is 2.63. The molecule has 1 rings (SSSR count). The van der Waals surface area contributed by atoms with Crippen LogP contribution < -0.4 is 16.4 Å². The van der Waals surface area contributed by atoms with Gasteiger partial charge in [0.1, 0.15) is 11.6 Å². The normalized spacial score (nSPS) is 27.8. The first-order chi connectivity index (χ1) is 9.20. The van der Waals surface area contributed by atoms with Gasteiger partial charge in [0, 0.05) is 25.0 Å². The lowest BCUT2D eigenvalue weighted by Crippen LogP contribution is -2.76. The molecule has 0 aliphatic heterocycles. The van der Waals surface area contributed by atoms with Gasteiger partial charge in [-0.1, -0.05) is 13.8 Å². The fourth-order valence-electron chi connectivity index (χ4n) is 2.54. The standard InChI is InChI=1S/C14H27N3O3.ClH/c1-6-16-11(18)9(3)17-12(19)14(15)8-10(20-7-2)13(14,4)5;/h9-10H,6-8,15H2,1-5H3,(H,16,18)(H,17,19);1H. The lowest BCUT2D eigenvalue weighted by Gasteiger charge is -2.57. The SMILES string of the molecule is CCNC(=O)C(C)NC(=O)C1(N)CC(OCC)C1(C)C.Cl. The zero-order valence-electron chi connectivity index (χ0n) is 13.5. The smallest absolute Gasteiger partial charge is 0.242 e. The van der Waals surface area contributed by atoms with E-state index in [2.05, 4.69) is 10.6 Å². The van der Waals surface area contributed by atoms with Crippen LogP contribution in [0.15, 0.2) is 0 Å². The van der Waals surface area contributed by atoms with E-state index in [1.165, 1.54) is 0 Å². The summed E-state index contributed by atoms with van der Waals surface area (Å²) in [6.45, 7) is 10.4. The molecule has 7 heteroatoms. The Morgan fingerprint density at radius 3 is 2.38 bits per heavy atom. The van der Waals surface area contributed by atoms with Crippen molar-refractivity contribution >= 4 is 24.2 Å². The van der Waals surface area contributed by atoms with Gasteiger partial charge in [-0.2, -0.15) is 0 Å². The summed E-state index contributed by atoms with van der Waals surface area (Å²) in [4.78, 5) is 24.0.